The van der Waals surface area contributed by atoms with Gasteiger partial charge < -0.3 is 5.32 Å². The molecule has 18 heavy (non-hydrogen) atoms. The fourth-order valence-electron chi connectivity index (χ4n) is 1.99. The van der Waals surface area contributed by atoms with Crippen molar-refractivity contribution in [3.05, 3.63) is 51.7 Å². The number of aryl methyl sites for hydroxylation is 1. The minimum absolute atomic E-state index is 0.277. The van der Waals surface area contributed by atoms with Crippen LogP contribution in [-0.4, -0.2) is 0 Å². The zero-order valence-electron chi connectivity index (χ0n) is 10.6. The van der Waals surface area contributed by atoms with Gasteiger partial charge in [-0.05, 0) is 36.4 Å². The monoisotopic (exact) mass is 256 g/mol. The van der Waals surface area contributed by atoms with E-state index in [1.165, 1.54) is 4.88 Å². The third-order valence-corrected chi connectivity index (χ3v) is 4.00. The Morgan fingerprint density at radius 3 is 2.78 bits per heavy atom. The maximum Gasteiger partial charge on any atom is 0.102 e. The third kappa shape index (κ3) is 2.55. The van der Waals surface area contributed by atoms with Gasteiger partial charge in [0.15, 0.2) is 0 Å². The van der Waals surface area contributed by atoms with E-state index in [1.807, 2.05) is 25.1 Å². The van der Waals surface area contributed by atoms with E-state index >= 15 is 0 Å². The highest BCUT2D eigenvalue weighted by Gasteiger charge is 2.12. The van der Waals surface area contributed by atoms with Crippen LogP contribution in [-0.2, 0) is 0 Å². The lowest BCUT2D eigenvalue weighted by Crippen LogP contribution is -2.09. The molecule has 1 unspecified atom stereocenters. The molecule has 0 saturated heterocycles. The van der Waals surface area contributed by atoms with Crippen LogP contribution in [0.2, 0.25) is 0 Å². The average molecular weight is 256 g/mol. The summed E-state index contributed by atoms with van der Waals surface area (Å²) in [4.78, 5) is 1.31. The molecule has 0 radical (unpaired) electrons. The van der Waals surface area contributed by atoms with E-state index in [0.29, 0.717) is 0 Å². The molecule has 0 aliphatic heterocycles. The van der Waals surface area contributed by atoms with Gasteiger partial charge in [0.05, 0.1) is 17.3 Å². The van der Waals surface area contributed by atoms with Crippen molar-refractivity contribution in [1.29, 1.82) is 5.26 Å². The number of nitriles is 1. The van der Waals surface area contributed by atoms with Crippen molar-refractivity contribution in [3.8, 4) is 6.07 Å². The highest BCUT2D eigenvalue weighted by Crippen LogP contribution is 2.28. The Balaban J connectivity index is 2.29. The molecule has 1 aromatic carbocycles. The summed E-state index contributed by atoms with van der Waals surface area (Å²) in [6, 6.07) is 12.7. The molecule has 2 aromatic rings. The lowest BCUT2D eigenvalue weighted by atomic mass is 10.1. The second-order valence-electron chi connectivity index (χ2n) is 4.23. The van der Waals surface area contributed by atoms with Gasteiger partial charge in [0.25, 0.3) is 0 Å². The molecule has 1 heterocycles. The van der Waals surface area contributed by atoms with E-state index in [1.54, 1.807) is 11.3 Å². The largest absolute Gasteiger partial charge is 0.376 e. The number of hydrogen-bond acceptors (Lipinski definition) is 3. The Labute approximate surface area is 112 Å². The van der Waals surface area contributed by atoms with Crippen LogP contribution in [0.25, 0.3) is 0 Å². The summed E-state index contributed by atoms with van der Waals surface area (Å²) >= 11 is 1.75. The van der Waals surface area contributed by atoms with Crippen LogP contribution in [0.3, 0.4) is 0 Å². The van der Waals surface area contributed by atoms with E-state index in [-0.39, 0.29) is 6.04 Å². The zero-order chi connectivity index (χ0) is 13.0. The molecule has 0 amide bonds. The topological polar surface area (TPSA) is 35.8 Å². The van der Waals surface area contributed by atoms with Crippen LogP contribution in [0.5, 0.6) is 0 Å². The van der Waals surface area contributed by atoms with Crippen molar-refractivity contribution < 1.29 is 0 Å². The second-order valence-corrected chi connectivity index (χ2v) is 5.21. The zero-order valence-corrected chi connectivity index (χ0v) is 11.4. The van der Waals surface area contributed by atoms with Gasteiger partial charge in [0.2, 0.25) is 0 Å². The Hall–Kier alpha value is -1.79. The van der Waals surface area contributed by atoms with Crippen LogP contribution >= 0.6 is 11.3 Å². The highest BCUT2D eigenvalue weighted by molar-refractivity contribution is 7.10. The first-order valence-corrected chi connectivity index (χ1v) is 6.94. The number of rotatable bonds is 4. The summed E-state index contributed by atoms with van der Waals surface area (Å²) in [6.45, 7) is 4.12. The summed E-state index contributed by atoms with van der Waals surface area (Å²) in [5, 5.41) is 14.8. The maximum absolute atomic E-state index is 9.23. The van der Waals surface area contributed by atoms with E-state index in [0.717, 1.165) is 23.2 Å². The minimum Gasteiger partial charge on any atom is -0.376 e. The van der Waals surface area contributed by atoms with Gasteiger partial charge in [-0.1, -0.05) is 25.1 Å². The fraction of sp³-hybridized carbons (Fsp3) is 0.267. The summed E-state index contributed by atoms with van der Waals surface area (Å²) < 4.78 is 0. The highest BCUT2D eigenvalue weighted by atomic mass is 32.1. The molecule has 1 atom stereocenters. The molecule has 0 bridgehead atoms. The Bertz CT molecular complexity index is 552. The van der Waals surface area contributed by atoms with Gasteiger partial charge in [-0.25, -0.2) is 0 Å². The number of benzene rings is 1. The van der Waals surface area contributed by atoms with E-state index in [4.69, 9.17) is 0 Å². The molecule has 0 saturated carbocycles. The molecule has 3 heteroatoms. The van der Waals surface area contributed by atoms with E-state index < -0.39 is 0 Å². The fourth-order valence-corrected chi connectivity index (χ4v) is 2.85. The molecule has 2 rings (SSSR count). The summed E-state index contributed by atoms with van der Waals surface area (Å²) in [5.74, 6) is 0. The molecule has 0 fully saturated rings. The molecule has 0 aliphatic rings. The molecule has 92 valence electrons. The van der Waals surface area contributed by atoms with Crippen molar-refractivity contribution in [3.63, 3.8) is 0 Å². The van der Waals surface area contributed by atoms with Crippen molar-refractivity contribution in [2.24, 2.45) is 0 Å². The first-order valence-electron chi connectivity index (χ1n) is 6.06. The molecule has 0 spiro atoms. The third-order valence-electron chi connectivity index (χ3n) is 3.01. The smallest absolute Gasteiger partial charge is 0.102 e. The predicted octanol–water partition coefficient (Wildman–Crippen LogP) is 4.49. The molecule has 1 N–H and O–H groups in total. The summed E-state index contributed by atoms with van der Waals surface area (Å²) in [5.41, 5.74) is 2.69. The van der Waals surface area contributed by atoms with E-state index in [9.17, 15) is 5.26 Å². The van der Waals surface area contributed by atoms with Crippen LogP contribution in [0.1, 0.15) is 35.4 Å². The SMILES string of the molecule is CCC(Nc1cccc(C)c1C#N)c1cccs1. The average Bonchev–Trinajstić information content (AvgIpc) is 2.89. The van der Waals surface area contributed by atoms with Crippen LogP contribution in [0.4, 0.5) is 5.69 Å². The number of anilines is 1. The Kier molecular flexibility index (Phi) is 4.01. The van der Waals surface area contributed by atoms with Crippen molar-refractivity contribution in [2.75, 3.05) is 5.32 Å². The first kappa shape index (κ1) is 12.7. The summed E-state index contributed by atoms with van der Waals surface area (Å²) in [7, 11) is 0. The Morgan fingerprint density at radius 2 is 2.17 bits per heavy atom. The number of hydrogen-bond donors (Lipinski definition) is 1. The van der Waals surface area contributed by atoms with Crippen molar-refractivity contribution >= 4 is 17.0 Å². The quantitative estimate of drug-likeness (QED) is 0.874. The standard InChI is InChI=1S/C15H16N2S/c1-3-13(15-8-5-9-18-15)17-14-7-4-6-11(2)12(14)10-16/h4-9,13,17H,3H2,1-2H3. The van der Waals surface area contributed by atoms with Crippen LogP contribution in [0, 0.1) is 18.3 Å². The van der Waals surface area contributed by atoms with Crippen LogP contribution in [0.15, 0.2) is 35.7 Å². The van der Waals surface area contributed by atoms with Crippen molar-refractivity contribution in [2.45, 2.75) is 26.3 Å². The van der Waals surface area contributed by atoms with Gasteiger partial charge in [-0.2, -0.15) is 5.26 Å². The molecular weight excluding hydrogens is 240 g/mol. The number of nitrogens with one attached hydrogen (secondary N) is 1. The summed E-state index contributed by atoms with van der Waals surface area (Å²) in [6.07, 6.45) is 0.999. The van der Waals surface area contributed by atoms with E-state index in [2.05, 4.69) is 35.8 Å². The second kappa shape index (κ2) is 5.70. The Morgan fingerprint density at radius 1 is 1.33 bits per heavy atom. The van der Waals surface area contributed by atoms with Gasteiger partial charge in [-0.3, -0.25) is 0 Å². The number of nitrogens with zero attached hydrogens (tertiary/aromatic N) is 1. The predicted molar refractivity (Wildman–Crippen MR) is 76.9 cm³/mol. The normalized spacial score (nSPS) is 11.8. The maximum atomic E-state index is 9.23. The first-order chi connectivity index (χ1) is 8.76. The minimum atomic E-state index is 0.277. The molecule has 2 nitrogen and oxygen atoms in total. The molecule has 0 aliphatic carbocycles. The van der Waals surface area contributed by atoms with Crippen LogP contribution < -0.4 is 5.32 Å². The van der Waals surface area contributed by atoms with Gasteiger partial charge in [-0.15, -0.1) is 11.3 Å². The lowest BCUT2D eigenvalue weighted by molar-refractivity contribution is 0.763. The van der Waals surface area contributed by atoms with Gasteiger partial charge in [0, 0.05) is 4.88 Å². The van der Waals surface area contributed by atoms with Gasteiger partial charge in [0.1, 0.15) is 6.07 Å². The van der Waals surface area contributed by atoms with Gasteiger partial charge >= 0.3 is 0 Å². The number of thiophene rings is 1. The van der Waals surface area contributed by atoms with Crippen molar-refractivity contribution in [1.82, 2.24) is 0 Å². The molecular formula is C15H16N2S. The lowest BCUT2D eigenvalue weighted by Gasteiger charge is -2.18. The molecule has 1 aromatic heterocycles.